The lowest BCUT2D eigenvalue weighted by molar-refractivity contribution is -0.139. The van der Waals surface area contributed by atoms with E-state index in [1.807, 2.05) is 36.1 Å². The molecule has 1 spiro atoms. The third-order valence-corrected chi connectivity index (χ3v) is 5.75. The van der Waals surface area contributed by atoms with Crippen LogP contribution in [0.4, 0.5) is 0 Å². The summed E-state index contributed by atoms with van der Waals surface area (Å²) >= 11 is 0. The van der Waals surface area contributed by atoms with Gasteiger partial charge >= 0.3 is 5.97 Å². The number of carbonyl (C=O) groups excluding carboxylic acids is 1. The van der Waals surface area contributed by atoms with Gasteiger partial charge in [0.2, 0.25) is 5.91 Å². The maximum Gasteiger partial charge on any atom is 0.307 e. The Labute approximate surface area is 142 Å². The Hall–Kier alpha value is -2.04. The standard InChI is InChI=1S/C19H25NO4/c1-13(14-5-3-4-6-16(14)24-2)11-17(21)20-9-7-19(8-10-20)12-15(19)18(22)23/h3-6,13,15H,7-12H2,1-2H3,(H,22,23). The normalized spacial score (nSPS) is 22.9. The fourth-order valence-electron chi connectivity index (χ4n) is 4.03. The van der Waals surface area contributed by atoms with E-state index in [1.54, 1.807) is 7.11 Å². The summed E-state index contributed by atoms with van der Waals surface area (Å²) in [6.45, 7) is 3.41. The molecular formula is C19H25NO4. The van der Waals surface area contributed by atoms with Crippen molar-refractivity contribution in [3.05, 3.63) is 29.8 Å². The molecule has 1 heterocycles. The van der Waals surface area contributed by atoms with Crippen molar-refractivity contribution in [2.75, 3.05) is 20.2 Å². The van der Waals surface area contributed by atoms with Crippen LogP contribution in [0.3, 0.4) is 0 Å². The van der Waals surface area contributed by atoms with Gasteiger partial charge in [-0.3, -0.25) is 9.59 Å². The van der Waals surface area contributed by atoms with E-state index >= 15 is 0 Å². The van der Waals surface area contributed by atoms with Crippen molar-refractivity contribution in [2.45, 2.75) is 38.5 Å². The molecule has 24 heavy (non-hydrogen) atoms. The molecule has 2 aliphatic rings. The monoisotopic (exact) mass is 331 g/mol. The zero-order valence-corrected chi connectivity index (χ0v) is 14.3. The highest BCUT2D eigenvalue weighted by Gasteiger charge is 2.59. The van der Waals surface area contributed by atoms with Crippen molar-refractivity contribution in [3.63, 3.8) is 0 Å². The fourth-order valence-corrected chi connectivity index (χ4v) is 4.03. The number of carboxylic acid groups (broad SMARTS) is 1. The van der Waals surface area contributed by atoms with E-state index in [-0.39, 0.29) is 23.2 Å². The quantitative estimate of drug-likeness (QED) is 0.901. The molecule has 1 amide bonds. The lowest BCUT2D eigenvalue weighted by atomic mass is 9.90. The number of ether oxygens (including phenoxy) is 1. The van der Waals surface area contributed by atoms with Gasteiger partial charge in [-0.05, 0) is 42.2 Å². The maximum absolute atomic E-state index is 12.6. The third kappa shape index (κ3) is 3.12. The van der Waals surface area contributed by atoms with Crippen LogP contribution in [-0.2, 0) is 9.59 Å². The number of likely N-dealkylation sites (tertiary alicyclic amines) is 1. The fraction of sp³-hybridized carbons (Fsp3) is 0.579. The van der Waals surface area contributed by atoms with E-state index in [1.165, 1.54) is 0 Å². The molecule has 1 aromatic rings. The minimum atomic E-state index is -0.681. The summed E-state index contributed by atoms with van der Waals surface area (Å²) in [7, 11) is 1.64. The SMILES string of the molecule is COc1ccccc1C(C)CC(=O)N1CCC2(CC1)CC2C(=O)O. The van der Waals surface area contributed by atoms with Crippen molar-refractivity contribution < 1.29 is 19.4 Å². The van der Waals surface area contributed by atoms with Crippen LogP contribution in [0.2, 0.25) is 0 Å². The smallest absolute Gasteiger partial charge is 0.307 e. The van der Waals surface area contributed by atoms with E-state index in [9.17, 15) is 9.59 Å². The van der Waals surface area contributed by atoms with Gasteiger partial charge in [0, 0.05) is 19.5 Å². The number of hydrogen-bond acceptors (Lipinski definition) is 3. The van der Waals surface area contributed by atoms with Gasteiger partial charge in [-0.25, -0.2) is 0 Å². The minimum absolute atomic E-state index is 0.0309. The second kappa shape index (κ2) is 6.46. The molecule has 0 bridgehead atoms. The number of carboxylic acids is 1. The molecule has 2 unspecified atom stereocenters. The number of carbonyl (C=O) groups is 2. The Balaban J connectivity index is 1.56. The second-order valence-corrected chi connectivity index (χ2v) is 7.19. The van der Waals surface area contributed by atoms with Crippen LogP contribution in [0.1, 0.15) is 44.1 Å². The lowest BCUT2D eigenvalue weighted by Gasteiger charge is -2.33. The Kier molecular flexibility index (Phi) is 4.52. The summed E-state index contributed by atoms with van der Waals surface area (Å²) in [6.07, 6.45) is 2.87. The van der Waals surface area contributed by atoms with E-state index < -0.39 is 5.97 Å². The van der Waals surface area contributed by atoms with Crippen LogP contribution >= 0.6 is 0 Å². The third-order valence-electron chi connectivity index (χ3n) is 5.75. The number of rotatable bonds is 5. The predicted molar refractivity (Wildman–Crippen MR) is 90.0 cm³/mol. The molecule has 1 saturated carbocycles. The topological polar surface area (TPSA) is 66.8 Å². The van der Waals surface area contributed by atoms with Gasteiger partial charge in [0.25, 0.3) is 0 Å². The van der Waals surface area contributed by atoms with Crippen LogP contribution in [0, 0.1) is 11.3 Å². The maximum atomic E-state index is 12.6. The largest absolute Gasteiger partial charge is 0.496 e. The Bertz CT molecular complexity index is 634. The van der Waals surface area contributed by atoms with E-state index in [4.69, 9.17) is 9.84 Å². The lowest BCUT2D eigenvalue weighted by Crippen LogP contribution is -2.40. The first-order valence-corrected chi connectivity index (χ1v) is 8.60. The molecule has 1 aliphatic heterocycles. The van der Waals surface area contributed by atoms with E-state index in [2.05, 4.69) is 0 Å². The zero-order chi connectivity index (χ0) is 17.3. The van der Waals surface area contributed by atoms with Crippen molar-refractivity contribution in [3.8, 4) is 5.75 Å². The average molecular weight is 331 g/mol. The highest BCUT2D eigenvalue weighted by Crippen LogP contribution is 2.59. The highest BCUT2D eigenvalue weighted by atomic mass is 16.5. The number of nitrogens with zero attached hydrogens (tertiary/aromatic N) is 1. The molecule has 1 aromatic carbocycles. The van der Waals surface area contributed by atoms with Crippen LogP contribution in [0.5, 0.6) is 5.75 Å². The van der Waals surface area contributed by atoms with Gasteiger partial charge in [-0.15, -0.1) is 0 Å². The molecule has 5 nitrogen and oxygen atoms in total. The van der Waals surface area contributed by atoms with Crippen LogP contribution < -0.4 is 4.74 Å². The highest BCUT2D eigenvalue weighted by molar-refractivity contribution is 5.78. The molecule has 0 radical (unpaired) electrons. The number of methoxy groups -OCH3 is 1. The number of amides is 1. The van der Waals surface area contributed by atoms with Crippen LogP contribution in [0.25, 0.3) is 0 Å². The molecule has 1 saturated heterocycles. The first-order valence-electron chi connectivity index (χ1n) is 8.60. The van der Waals surface area contributed by atoms with Gasteiger partial charge in [0.15, 0.2) is 0 Å². The second-order valence-electron chi connectivity index (χ2n) is 7.19. The average Bonchev–Trinajstić information content (AvgIpc) is 3.29. The molecular weight excluding hydrogens is 306 g/mol. The van der Waals surface area contributed by atoms with Crippen molar-refractivity contribution >= 4 is 11.9 Å². The number of benzene rings is 1. The summed E-state index contributed by atoms with van der Waals surface area (Å²) in [6, 6.07) is 7.81. The number of piperidine rings is 1. The Morgan fingerprint density at radius 2 is 2.00 bits per heavy atom. The van der Waals surface area contributed by atoms with E-state index in [0.29, 0.717) is 19.5 Å². The molecule has 2 fully saturated rings. The zero-order valence-electron chi connectivity index (χ0n) is 14.3. The molecule has 3 rings (SSSR count). The molecule has 1 N–H and O–H groups in total. The summed E-state index contributed by atoms with van der Waals surface area (Å²) < 4.78 is 5.38. The van der Waals surface area contributed by atoms with Gasteiger partial charge < -0.3 is 14.7 Å². The summed E-state index contributed by atoms with van der Waals surface area (Å²) in [5.41, 5.74) is 1.02. The Morgan fingerprint density at radius 3 is 2.58 bits per heavy atom. The number of para-hydroxylation sites is 1. The number of aliphatic carboxylic acids is 1. The van der Waals surface area contributed by atoms with Gasteiger partial charge in [-0.1, -0.05) is 25.1 Å². The minimum Gasteiger partial charge on any atom is -0.496 e. The van der Waals surface area contributed by atoms with Crippen molar-refractivity contribution in [2.24, 2.45) is 11.3 Å². The summed E-state index contributed by atoms with van der Waals surface area (Å²) in [5.74, 6) is 0.188. The predicted octanol–water partition coefficient (Wildman–Crippen LogP) is 2.90. The van der Waals surface area contributed by atoms with Crippen LogP contribution in [0.15, 0.2) is 24.3 Å². The first-order chi connectivity index (χ1) is 11.5. The van der Waals surface area contributed by atoms with Gasteiger partial charge in [0.1, 0.15) is 5.75 Å². The number of hydrogen-bond donors (Lipinski definition) is 1. The first kappa shape index (κ1) is 16.8. The molecule has 5 heteroatoms. The molecule has 130 valence electrons. The molecule has 1 aliphatic carbocycles. The van der Waals surface area contributed by atoms with Gasteiger partial charge in [-0.2, -0.15) is 0 Å². The van der Waals surface area contributed by atoms with E-state index in [0.717, 1.165) is 30.6 Å². The van der Waals surface area contributed by atoms with Crippen LogP contribution in [-0.4, -0.2) is 42.1 Å². The van der Waals surface area contributed by atoms with Gasteiger partial charge in [0.05, 0.1) is 13.0 Å². The van der Waals surface area contributed by atoms with Crippen molar-refractivity contribution in [1.82, 2.24) is 4.90 Å². The Morgan fingerprint density at radius 1 is 1.33 bits per heavy atom. The molecule has 0 aromatic heterocycles. The summed E-state index contributed by atoms with van der Waals surface area (Å²) in [5, 5.41) is 9.15. The van der Waals surface area contributed by atoms with Crippen molar-refractivity contribution in [1.29, 1.82) is 0 Å². The molecule has 2 atom stereocenters. The summed E-state index contributed by atoms with van der Waals surface area (Å²) in [4.78, 5) is 25.6.